The zero-order valence-electron chi connectivity index (χ0n) is 37.7. The summed E-state index contributed by atoms with van der Waals surface area (Å²) < 4.78 is 54.0. The molecule has 1 rings (SSSR count). The van der Waals surface area contributed by atoms with Crippen molar-refractivity contribution in [1.29, 1.82) is 0 Å². The molecule has 1 aliphatic heterocycles. The van der Waals surface area contributed by atoms with Crippen molar-refractivity contribution in [2.75, 3.05) is 19.0 Å². The highest BCUT2D eigenvalue weighted by Gasteiger charge is 2.46. The molecule has 0 radical (unpaired) electrons. The number of carbonyl (C=O) groups excluding carboxylic acids is 2. The lowest BCUT2D eigenvalue weighted by Gasteiger charge is -2.40. The molecule has 354 valence electrons. The number of carbonyl (C=O) groups is 2. The van der Waals surface area contributed by atoms with E-state index in [2.05, 4.69) is 92.5 Å². The largest absolute Gasteiger partial charge is 0.462 e. The normalized spacial score (nSPS) is 20.1. The summed E-state index contributed by atoms with van der Waals surface area (Å²) in [5, 5.41) is 30.9. The molecule has 1 aliphatic rings. The SMILES string of the molecule is CC/C=C/C/C=C/C/C=C/C/C=C/C/C=C/CCCCCC(=O)OC[C@H](CO[C@H]1O[C@H](CS(=O)(=O)O)[C@@H](O)C(O)C1O)OC(=O)CCCCCCCC=C=CCCCCCCC. The Labute approximate surface area is 373 Å². The second-order valence-corrected chi connectivity index (χ2v) is 17.3. The highest BCUT2D eigenvalue weighted by atomic mass is 32.2. The van der Waals surface area contributed by atoms with Gasteiger partial charge >= 0.3 is 11.9 Å². The maximum absolute atomic E-state index is 12.8. The van der Waals surface area contributed by atoms with Gasteiger partial charge in [0.2, 0.25) is 0 Å². The lowest BCUT2D eigenvalue weighted by atomic mass is 10.00. The van der Waals surface area contributed by atoms with Crippen molar-refractivity contribution in [3.8, 4) is 0 Å². The number of rotatable bonds is 37. The molecule has 0 aromatic heterocycles. The van der Waals surface area contributed by atoms with Crippen LogP contribution in [0.2, 0.25) is 0 Å². The van der Waals surface area contributed by atoms with Gasteiger partial charge < -0.3 is 34.3 Å². The van der Waals surface area contributed by atoms with Crippen LogP contribution in [0.5, 0.6) is 0 Å². The van der Waals surface area contributed by atoms with Gasteiger partial charge in [0.1, 0.15) is 36.8 Å². The molecule has 0 aromatic carbocycles. The third-order valence-corrected chi connectivity index (χ3v) is 10.8. The fraction of sp³-hybridized carbons (Fsp3) is 0.694. The van der Waals surface area contributed by atoms with Gasteiger partial charge in [-0.05, 0) is 95.6 Å². The Morgan fingerprint density at radius 2 is 1.11 bits per heavy atom. The lowest BCUT2D eigenvalue weighted by molar-refractivity contribution is -0.297. The zero-order valence-corrected chi connectivity index (χ0v) is 38.6. The fourth-order valence-electron chi connectivity index (χ4n) is 6.44. The van der Waals surface area contributed by atoms with Gasteiger partial charge in [0, 0.05) is 12.8 Å². The van der Waals surface area contributed by atoms with Crippen molar-refractivity contribution < 1.29 is 56.8 Å². The van der Waals surface area contributed by atoms with Crippen LogP contribution in [-0.4, -0.2) is 96.0 Å². The van der Waals surface area contributed by atoms with Crippen LogP contribution in [-0.2, 0) is 38.7 Å². The minimum Gasteiger partial charge on any atom is -0.462 e. The van der Waals surface area contributed by atoms with Crippen molar-refractivity contribution in [2.24, 2.45) is 0 Å². The number of hydrogen-bond acceptors (Lipinski definition) is 11. The fourth-order valence-corrected chi connectivity index (χ4v) is 7.13. The Hall–Kier alpha value is -3.13. The first-order chi connectivity index (χ1) is 30.0. The molecule has 12 nitrogen and oxygen atoms in total. The lowest BCUT2D eigenvalue weighted by Crippen LogP contribution is -2.60. The smallest absolute Gasteiger partial charge is 0.306 e. The summed E-state index contributed by atoms with van der Waals surface area (Å²) in [6.45, 7) is 3.57. The Kier molecular flexibility index (Phi) is 35.2. The number of allylic oxidation sites excluding steroid dienone is 11. The predicted octanol–water partition coefficient (Wildman–Crippen LogP) is 9.66. The molecule has 0 spiro atoms. The van der Waals surface area contributed by atoms with Crippen LogP contribution in [0.3, 0.4) is 0 Å². The van der Waals surface area contributed by atoms with Crippen molar-refractivity contribution in [1.82, 2.24) is 0 Å². The minimum atomic E-state index is -4.61. The number of esters is 2. The van der Waals surface area contributed by atoms with Crippen LogP contribution in [0.15, 0.2) is 78.6 Å². The van der Waals surface area contributed by atoms with Gasteiger partial charge in [-0.3, -0.25) is 14.1 Å². The quantitative estimate of drug-likeness (QED) is 0.0152. The molecular weight excluding hydrogens is 813 g/mol. The van der Waals surface area contributed by atoms with E-state index in [0.29, 0.717) is 12.8 Å². The maximum Gasteiger partial charge on any atom is 0.306 e. The van der Waals surface area contributed by atoms with E-state index in [-0.39, 0.29) is 19.4 Å². The zero-order chi connectivity index (χ0) is 45.5. The first-order valence-electron chi connectivity index (χ1n) is 23.2. The minimum absolute atomic E-state index is 0.132. The molecule has 0 saturated carbocycles. The molecule has 62 heavy (non-hydrogen) atoms. The average Bonchev–Trinajstić information content (AvgIpc) is 3.24. The van der Waals surface area contributed by atoms with Crippen LogP contribution < -0.4 is 0 Å². The number of aliphatic hydroxyl groups excluding tert-OH is 3. The van der Waals surface area contributed by atoms with Gasteiger partial charge in [-0.2, -0.15) is 8.42 Å². The van der Waals surface area contributed by atoms with E-state index in [4.69, 9.17) is 18.9 Å². The van der Waals surface area contributed by atoms with E-state index in [0.717, 1.165) is 89.9 Å². The predicted molar refractivity (Wildman–Crippen MR) is 246 cm³/mol. The summed E-state index contributed by atoms with van der Waals surface area (Å²) in [5.74, 6) is -2.06. The summed E-state index contributed by atoms with van der Waals surface area (Å²) in [6.07, 6.45) is 37.2. The summed E-state index contributed by atoms with van der Waals surface area (Å²) in [7, 11) is -4.61. The summed E-state index contributed by atoms with van der Waals surface area (Å²) in [4.78, 5) is 25.4. The van der Waals surface area contributed by atoms with Gasteiger partial charge in [-0.15, -0.1) is 5.73 Å². The Morgan fingerprint density at radius 1 is 0.613 bits per heavy atom. The third kappa shape index (κ3) is 32.5. The van der Waals surface area contributed by atoms with Crippen LogP contribution in [0.4, 0.5) is 0 Å². The number of ether oxygens (including phenoxy) is 4. The van der Waals surface area contributed by atoms with Gasteiger partial charge in [0.15, 0.2) is 12.4 Å². The monoisotopic (exact) mass is 893 g/mol. The van der Waals surface area contributed by atoms with Crippen LogP contribution >= 0.6 is 0 Å². The summed E-state index contributed by atoms with van der Waals surface area (Å²) in [6, 6.07) is 0. The van der Waals surface area contributed by atoms with Crippen molar-refractivity contribution in [3.05, 3.63) is 78.6 Å². The van der Waals surface area contributed by atoms with Gasteiger partial charge in [0.05, 0.1) is 6.61 Å². The van der Waals surface area contributed by atoms with Gasteiger partial charge in [-0.25, -0.2) is 0 Å². The first kappa shape index (κ1) is 56.9. The van der Waals surface area contributed by atoms with Crippen LogP contribution in [0.1, 0.15) is 162 Å². The van der Waals surface area contributed by atoms with E-state index >= 15 is 0 Å². The second kappa shape index (κ2) is 38.3. The molecule has 0 amide bonds. The first-order valence-corrected chi connectivity index (χ1v) is 24.8. The standard InChI is InChI=1S/C49H80O12S/c1-3-5-7-9-11-13-15-17-19-20-21-22-24-25-27-29-31-33-35-37-44(50)58-39-42(40-59-49-48(54)47(53)46(52)43(61-49)41-62(55,56)57)60-45(51)38-36-34-32-30-28-26-23-18-16-14-12-10-8-6-4-2/h5,7,11,13,16-17,19,21-23,25,27,42-43,46-49,52-54H,3-4,6,8-10,12,14-15,20,24,26,28-41H2,1-2H3,(H,55,56,57)/b7-5+,13-11+,19-17+,22-21+,27-25+/t18?,42-,43-,46-,47?,48?,49+/m1/s1. The Morgan fingerprint density at radius 3 is 1.69 bits per heavy atom. The number of aliphatic hydroxyl groups is 3. The highest BCUT2D eigenvalue weighted by molar-refractivity contribution is 7.85. The molecule has 2 unspecified atom stereocenters. The van der Waals surface area contributed by atoms with Crippen molar-refractivity contribution in [2.45, 2.75) is 198 Å². The molecule has 1 fully saturated rings. The van der Waals surface area contributed by atoms with E-state index in [1.165, 1.54) is 32.1 Å². The van der Waals surface area contributed by atoms with Crippen molar-refractivity contribution in [3.63, 3.8) is 0 Å². The second-order valence-electron chi connectivity index (χ2n) is 15.8. The summed E-state index contributed by atoms with van der Waals surface area (Å²) in [5.41, 5.74) is 3.27. The van der Waals surface area contributed by atoms with Crippen LogP contribution in [0.25, 0.3) is 0 Å². The molecule has 13 heteroatoms. The Balaban J connectivity index is 2.48. The van der Waals surface area contributed by atoms with Gasteiger partial charge in [-0.1, -0.05) is 126 Å². The molecule has 4 N–H and O–H groups in total. The highest BCUT2D eigenvalue weighted by Crippen LogP contribution is 2.24. The molecule has 0 aliphatic carbocycles. The van der Waals surface area contributed by atoms with E-state index in [9.17, 15) is 37.9 Å². The average molecular weight is 893 g/mol. The Bertz CT molecular complexity index is 1480. The van der Waals surface area contributed by atoms with E-state index in [1.807, 2.05) is 0 Å². The van der Waals surface area contributed by atoms with Gasteiger partial charge in [0.25, 0.3) is 10.1 Å². The maximum atomic E-state index is 12.8. The van der Waals surface area contributed by atoms with E-state index < -0.39 is 71.2 Å². The molecule has 0 bridgehead atoms. The van der Waals surface area contributed by atoms with Crippen LogP contribution in [0, 0.1) is 0 Å². The third-order valence-electron chi connectivity index (χ3n) is 10.0. The topological polar surface area (TPSA) is 186 Å². The molecular formula is C49H80O12S. The molecule has 1 saturated heterocycles. The molecule has 0 aromatic rings. The molecule has 1 heterocycles. The summed E-state index contributed by atoms with van der Waals surface area (Å²) >= 11 is 0. The van der Waals surface area contributed by atoms with Crippen molar-refractivity contribution >= 4 is 22.1 Å². The number of unbranched alkanes of at least 4 members (excludes halogenated alkanes) is 13. The molecule has 6 atom stereocenters. The van der Waals surface area contributed by atoms with E-state index in [1.54, 1.807) is 0 Å². The number of hydrogen-bond donors (Lipinski definition) is 4.